The number of carbonyl (C=O) groups excluding carboxylic acids is 1. The maximum Gasteiger partial charge on any atom is 0.248 e. The van der Waals surface area contributed by atoms with Gasteiger partial charge in [0, 0.05) is 16.1 Å². The largest absolute Gasteiger partial charge is 0.371 e. The van der Waals surface area contributed by atoms with Gasteiger partial charge in [-0.3, -0.25) is 4.79 Å². The van der Waals surface area contributed by atoms with E-state index in [1.165, 1.54) is 0 Å². The molecule has 1 aliphatic rings. The normalized spacial score (nSPS) is 31.8. The molecule has 0 spiro atoms. The molecule has 5 heteroatoms. The van der Waals surface area contributed by atoms with Gasteiger partial charge in [-0.15, -0.1) is 0 Å². The number of nitrogens with zero attached hydrogens (tertiary/aromatic N) is 1. The number of carbonyl (C=O) groups is 1. The SMILES string of the molecule is CC(C)/C=N/C(=O)[C@@H](C)C[C@H]1C[C@@H](I)C(OCO)[C@@H](C)C1. The minimum atomic E-state index is -0.210. The number of hydrogen-bond acceptors (Lipinski definition) is 3. The lowest BCUT2D eigenvalue weighted by Crippen LogP contribution is -2.39. The first-order valence-electron chi connectivity index (χ1n) is 7.79. The molecule has 0 aromatic heterocycles. The van der Waals surface area contributed by atoms with Gasteiger partial charge in [0.05, 0.1) is 6.10 Å². The fourth-order valence-corrected chi connectivity index (χ4v) is 4.70. The van der Waals surface area contributed by atoms with E-state index in [4.69, 9.17) is 9.84 Å². The molecule has 1 saturated carbocycles. The van der Waals surface area contributed by atoms with Crippen LogP contribution in [0.15, 0.2) is 4.99 Å². The fourth-order valence-electron chi connectivity index (χ4n) is 3.06. The number of aliphatic imine (C=N–C) groups is 1. The van der Waals surface area contributed by atoms with Crippen LogP contribution in [0.2, 0.25) is 0 Å². The molecule has 1 fully saturated rings. The molecular formula is C16H28INO3. The van der Waals surface area contributed by atoms with Crippen LogP contribution in [0.4, 0.5) is 0 Å². The number of aliphatic hydroxyl groups excluding tert-OH is 1. The van der Waals surface area contributed by atoms with Crippen molar-refractivity contribution in [2.45, 2.75) is 57.0 Å². The molecule has 1 unspecified atom stereocenters. The van der Waals surface area contributed by atoms with Gasteiger partial charge in [-0.2, -0.15) is 0 Å². The van der Waals surface area contributed by atoms with Gasteiger partial charge in [-0.05, 0) is 37.0 Å². The third-order valence-corrected chi connectivity index (χ3v) is 5.27. The molecule has 1 rings (SSSR count). The summed E-state index contributed by atoms with van der Waals surface area (Å²) in [6.45, 7) is 7.97. The Balaban J connectivity index is 2.51. The summed E-state index contributed by atoms with van der Waals surface area (Å²) in [4.78, 5) is 16.0. The van der Waals surface area contributed by atoms with Crippen molar-refractivity contribution in [3.8, 4) is 0 Å². The topological polar surface area (TPSA) is 58.9 Å². The first kappa shape index (κ1) is 19.0. The summed E-state index contributed by atoms with van der Waals surface area (Å²) in [5, 5.41) is 8.96. The Kier molecular flexibility index (Phi) is 8.34. The summed E-state index contributed by atoms with van der Waals surface area (Å²) in [6, 6.07) is 0. The van der Waals surface area contributed by atoms with Crippen molar-refractivity contribution in [2.24, 2.45) is 28.7 Å². The number of amides is 1. The zero-order valence-corrected chi connectivity index (χ0v) is 15.6. The molecule has 0 bridgehead atoms. The number of ether oxygens (including phenoxy) is 1. The van der Waals surface area contributed by atoms with E-state index in [9.17, 15) is 4.79 Å². The predicted octanol–water partition coefficient (Wildman–Crippen LogP) is 3.45. The highest BCUT2D eigenvalue weighted by Crippen LogP contribution is 2.38. The molecule has 5 atom stereocenters. The number of halogens is 1. The van der Waals surface area contributed by atoms with Gasteiger partial charge in [0.2, 0.25) is 5.91 Å². The highest BCUT2D eigenvalue weighted by Gasteiger charge is 2.35. The highest BCUT2D eigenvalue weighted by molar-refractivity contribution is 14.1. The van der Waals surface area contributed by atoms with E-state index < -0.39 is 0 Å². The lowest BCUT2D eigenvalue weighted by atomic mass is 9.76. The van der Waals surface area contributed by atoms with E-state index in [0.29, 0.717) is 21.7 Å². The van der Waals surface area contributed by atoms with Gasteiger partial charge in [0.15, 0.2) is 0 Å². The molecule has 1 N–H and O–H groups in total. The molecule has 0 aromatic carbocycles. The van der Waals surface area contributed by atoms with E-state index in [2.05, 4.69) is 34.5 Å². The maximum atomic E-state index is 12.0. The smallest absolute Gasteiger partial charge is 0.248 e. The van der Waals surface area contributed by atoms with Crippen LogP contribution in [0.25, 0.3) is 0 Å². The second kappa shape index (κ2) is 9.20. The van der Waals surface area contributed by atoms with E-state index in [-0.39, 0.29) is 24.7 Å². The Labute approximate surface area is 141 Å². The predicted molar refractivity (Wildman–Crippen MR) is 93.8 cm³/mol. The fraction of sp³-hybridized carbons (Fsp3) is 0.875. The molecule has 122 valence electrons. The molecular weight excluding hydrogens is 381 g/mol. The van der Waals surface area contributed by atoms with Crippen molar-refractivity contribution >= 4 is 34.7 Å². The van der Waals surface area contributed by atoms with E-state index in [1.54, 1.807) is 6.21 Å². The van der Waals surface area contributed by atoms with Crippen molar-refractivity contribution in [3.63, 3.8) is 0 Å². The van der Waals surface area contributed by atoms with Gasteiger partial charge < -0.3 is 9.84 Å². The zero-order chi connectivity index (χ0) is 16.0. The Hall–Kier alpha value is -0.0100. The average Bonchev–Trinajstić information content (AvgIpc) is 2.40. The second-order valence-corrected chi connectivity index (χ2v) is 8.19. The quantitative estimate of drug-likeness (QED) is 0.317. The van der Waals surface area contributed by atoms with Crippen LogP contribution < -0.4 is 0 Å². The molecule has 1 aliphatic carbocycles. The molecule has 0 heterocycles. The summed E-state index contributed by atoms with van der Waals surface area (Å²) in [5.41, 5.74) is 0. The summed E-state index contributed by atoms with van der Waals surface area (Å²) in [7, 11) is 0. The molecule has 1 amide bonds. The standard InChI is InChI=1S/C16H28INO3/c1-10(2)8-18-16(20)12(4)6-13-5-11(3)15(21-9-19)14(17)7-13/h8,10-15,19H,5-7,9H2,1-4H3/b18-8+/t11-,12-,13-,14+,15?/m0/s1. The molecule has 4 nitrogen and oxygen atoms in total. The highest BCUT2D eigenvalue weighted by atomic mass is 127. The first-order chi connectivity index (χ1) is 9.85. The van der Waals surface area contributed by atoms with Gasteiger partial charge in [-0.25, -0.2) is 4.99 Å². The van der Waals surface area contributed by atoms with Crippen LogP contribution in [0, 0.1) is 23.7 Å². The van der Waals surface area contributed by atoms with Crippen LogP contribution >= 0.6 is 22.6 Å². The van der Waals surface area contributed by atoms with Gasteiger partial charge in [0.1, 0.15) is 6.79 Å². The summed E-state index contributed by atoms with van der Waals surface area (Å²) in [5.74, 6) is 1.24. The van der Waals surface area contributed by atoms with Crippen molar-refractivity contribution < 1.29 is 14.6 Å². The third kappa shape index (κ3) is 6.32. The van der Waals surface area contributed by atoms with Crippen LogP contribution in [0.5, 0.6) is 0 Å². The molecule has 0 radical (unpaired) electrons. The van der Waals surface area contributed by atoms with Crippen LogP contribution in [-0.2, 0) is 9.53 Å². The summed E-state index contributed by atoms with van der Waals surface area (Å²) in [6.07, 6.45) is 4.84. The lowest BCUT2D eigenvalue weighted by molar-refractivity contribution is -0.122. The zero-order valence-electron chi connectivity index (χ0n) is 13.5. The average molecular weight is 409 g/mol. The summed E-state index contributed by atoms with van der Waals surface area (Å²) >= 11 is 2.41. The summed E-state index contributed by atoms with van der Waals surface area (Å²) < 4.78 is 5.82. The third-order valence-electron chi connectivity index (χ3n) is 4.06. The minimum absolute atomic E-state index is 0.00454. The number of aliphatic hydroxyl groups is 1. The second-order valence-electron chi connectivity index (χ2n) is 6.59. The van der Waals surface area contributed by atoms with Crippen molar-refractivity contribution in [2.75, 3.05) is 6.79 Å². The molecule has 0 aromatic rings. The van der Waals surface area contributed by atoms with Gasteiger partial charge >= 0.3 is 0 Å². The van der Waals surface area contributed by atoms with E-state index in [1.807, 2.05) is 20.8 Å². The monoisotopic (exact) mass is 409 g/mol. The Morgan fingerprint density at radius 1 is 1.43 bits per heavy atom. The molecule has 21 heavy (non-hydrogen) atoms. The first-order valence-corrected chi connectivity index (χ1v) is 9.04. The number of rotatable bonds is 6. The Morgan fingerprint density at radius 3 is 2.62 bits per heavy atom. The van der Waals surface area contributed by atoms with Crippen LogP contribution in [-0.4, -0.2) is 34.0 Å². The Morgan fingerprint density at radius 2 is 2.10 bits per heavy atom. The van der Waals surface area contributed by atoms with Crippen LogP contribution in [0.1, 0.15) is 47.0 Å². The van der Waals surface area contributed by atoms with E-state index >= 15 is 0 Å². The van der Waals surface area contributed by atoms with Crippen LogP contribution in [0.3, 0.4) is 0 Å². The number of alkyl halides is 1. The van der Waals surface area contributed by atoms with Crippen molar-refractivity contribution in [1.82, 2.24) is 0 Å². The minimum Gasteiger partial charge on any atom is -0.371 e. The van der Waals surface area contributed by atoms with Gasteiger partial charge in [0.25, 0.3) is 0 Å². The maximum absolute atomic E-state index is 12.0. The number of hydrogen-bond donors (Lipinski definition) is 1. The Bertz CT molecular complexity index is 347. The van der Waals surface area contributed by atoms with Gasteiger partial charge in [-0.1, -0.05) is 50.3 Å². The molecule has 0 aliphatic heterocycles. The van der Waals surface area contributed by atoms with E-state index in [0.717, 1.165) is 19.3 Å². The van der Waals surface area contributed by atoms with Crippen molar-refractivity contribution in [3.05, 3.63) is 0 Å². The lowest BCUT2D eigenvalue weighted by Gasteiger charge is -2.38. The van der Waals surface area contributed by atoms with Crippen molar-refractivity contribution in [1.29, 1.82) is 0 Å². The molecule has 0 saturated heterocycles.